The van der Waals surface area contributed by atoms with Crippen molar-refractivity contribution in [2.75, 3.05) is 29.0 Å². The van der Waals surface area contributed by atoms with Gasteiger partial charge in [0, 0.05) is 18.4 Å². The first-order valence-corrected chi connectivity index (χ1v) is 11.1. The molecule has 1 spiro atoms. The Morgan fingerprint density at radius 2 is 2.06 bits per heavy atom. The van der Waals surface area contributed by atoms with Crippen LogP contribution in [0.4, 0.5) is 22.0 Å². The molecule has 5 rings (SSSR count). The molecule has 31 heavy (non-hydrogen) atoms. The van der Waals surface area contributed by atoms with Crippen molar-refractivity contribution in [2.45, 2.75) is 57.5 Å². The van der Waals surface area contributed by atoms with E-state index < -0.39 is 5.54 Å². The highest BCUT2D eigenvalue weighted by atomic mass is 16.2. The minimum atomic E-state index is -0.446. The molecule has 0 radical (unpaired) electrons. The Morgan fingerprint density at radius 1 is 1.23 bits per heavy atom. The van der Waals surface area contributed by atoms with Crippen molar-refractivity contribution in [1.82, 2.24) is 9.88 Å². The second-order valence-electron chi connectivity index (χ2n) is 9.80. The number of likely N-dealkylation sites (tertiary alicyclic amines) is 1. The number of aromatic nitrogens is 1. The topological polar surface area (TPSA) is 81.7 Å². The third kappa shape index (κ3) is 3.84. The van der Waals surface area contributed by atoms with Gasteiger partial charge in [-0.25, -0.2) is 9.78 Å². The molecule has 3 N–H and O–H groups in total. The molecular formula is C24H30N6O. The quantitative estimate of drug-likeness (QED) is 0.646. The molecule has 1 atom stereocenters. The summed E-state index contributed by atoms with van der Waals surface area (Å²) in [5.41, 5.74) is 3.89. The molecule has 1 aromatic carbocycles. The van der Waals surface area contributed by atoms with Crippen molar-refractivity contribution in [1.29, 1.82) is 0 Å². The Balaban J connectivity index is 1.37. The normalized spacial score (nSPS) is 23.3. The third-order valence-corrected chi connectivity index (χ3v) is 6.23. The summed E-state index contributed by atoms with van der Waals surface area (Å²) in [5, 5.41) is 10.2. The monoisotopic (exact) mass is 418 g/mol. The SMILES string of the molecule is CC(C)(C)N=C1Nc2ncccc2N[C@@]12CCN(C(=O)Nc1ccc3c(c1)CCC3)C2. The standard InChI is InChI=1S/C24H30N6O/c1-23(2,3)29-21-24(28-19-8-5-12-25-20(19)27-21)11-13-30(15-24)22(31)26-18-10-9-16-6-4-7-17(16)14-18/h5,8-10,12,14,28H,4,6-7,11,13,15H2,1-3H3,(H,26,31)(H,25,27,29)/t24-/m1/s1. The second kappa shape index (κ2) is 7.25. The lowest BCUT2D eigenvalue weighted by atomic mass is 9.93. The molecule has 1 aliphatic carbocycles. The predicted molar refractivity (Wildman–Crippen MR) is 125 cm³/mol. The molecule has 2 aromatic rings. The number of nitrogens with one attached hydrogen (secondary N) is 3. The number of hydrogen-bond donors (Lipinski definition) is 3. The summed E-state index contributed by atoms with van der Waals surface area (Å²) in [7, 11) is 0. The number of amides is 2. The smallest absolute Gasteiger partial charge is 0.321 e. The number of carbonyl (C=O) groups is 1. The van der Waals surface area contributed by atoms with Crippen molar-refractivity contribution in [3.05, 3.63) is 47.7 Å². The van der Waals surface area contributed by atoms with Gasteiger partial charge in [-0.15, -0.1) is 0 Å². The first-order chi connectivity index (χ1) is 14.8. The molecule has 2 aliphatic heterocycles. The molecule has 7 heteroatoms. The van der Waals surface area contributed by atoms with Gasteiger partial charge < -0.3 is 20.9 Å². The number of nitrogens with zero attached hydrogens (tertiary/aromatic N) is 3. The van der Waals surface area contributed by atoms with E-state index in [2.05, 4.69) is 53.8 Å². The molecule has 1 aromatic heterocycles. The number of anilines is 3. The number of pyridine rings is 1. The van der Waals surface area contributed by atoms with Gasteiger partial charge in [0.1, 0.15) is 11.4 Å². The molecular weight excluding hydrogens is 388 g/mol. The second-order valence-corrected chi connectivity index (χ2v) is 9.80. The number of carbonyl (C=O) groups excluding carboxylic acids is 1. The number of aliphatic imine (C=N–C) groups is 1. The number of benzene rings is 1. The summed E-state index contributed by atoms with van der Waals surface area (Å²) in [6.07, 6.45) is 5.99. The van der Waals surface area contributed by atoms with E-state index in [1.54, 1.807) is 6.20 Å². The fourth-order valence-electron chi connectivity index (χ4n) is 4.76. The Labute approximate surface area is 183 Å². The van der Waals surface area contributed by atoms with Crippen LogP contribution in [0.15, 0.2) is 41.5 Å². The van der Waals surface area contributed by atoms with Gasteiger partial charge in [-0.05, 0) is 81.8 Å². The number of fused-ring (bicyclic) bond motifs is 2. The van der Waals surface area contributed by atoms with Crippen molar-refractivity contribution in [3.8, 4) is 0 Å². The van der Waals surface area contributed by atoms with E-state index in [0.717, 1.165) is 42.3 Å². The minimum absolute atomic E-state index is 0.0660. The summed E-state index contributed by atoms with van der Waals surface area (Å²) in [5.74, 6) is 1.62. The molecule has 0 unspecified atom stereocenters. The maximum Gasteiger partial charge on any atom is 0.321 e. The zero-order chi connectivity index (χ0) is 21.6. The Kier molecular flexibility index (Phi) is 4.64. The zero-order valence-corrected chi connectivity index (χ0v) is 18.5. The highest BCUT2D eigenvalue weighted by molar-refractivity contribution is 6.09. The van der Waals surface area contributed by atoms with Gasteiger partial charge in [0.25, 0.3) is 0 Å². The van der Waals surface area contributed by atoms with Crippen LogP contribution in [0.2, 0.25) is 0 Å². The number of rotatable bonds is 1. The predicted octanol–water partition coefficient (Wildman–Crippen LogP) is 4.28. The number of aryl methyl sites for hydroxylation is 2. The first kappa shape index (κ1) is 19.8. The molecule has 0 bridgehead atoms. The van der Waals surface area contributed by atoms with Crippen LogP contribution in [0.1, 0.15) is 44.7 Å². The lowest BCUT2D eigenvalue weighted by molar-refractivity contribution is 0.221. The fourth-order valence-corrected chi connectivity index (χ4v) is 4.76. The zero-order valence-electron chi connectivity index (χ0n) is 18.5. The molecule has 3 aliphatic rings. The van der Waals surface area contributed by atoms with E-state index >= 15 is 0 Å². The number of urea groups is 1. The van der Waals surface area contributed by atoms with Gasteiger partial charge in [0.2, 0.25) is 0 Å². The Hall–Kier alpha value is -3.09. The largest absolute Gasteiger partial charge is 0.368 e. The molecule has 1 saturated heterocycles. The van der Waals surface area contributed by atoms with Gasteiger partial charge in [-0.1, -0.05) is 6.07 Å². The van der Waals surface area contributed by atoms with Crippen molar-refractivity contribution >= 4 is 29.1 Å². The van der Waals surface area contributed by atoms with Crippen molar-refractivity contribution in [3.63, 3.8) is 0 Å². The summed E-state index contributed by atoms with van der Waals surface area (Å²) in [6, 6.07) is 10.2. The lowest BCUT2D eigenvalue weighted by Crippen LogP contribution is -2.55. The van der Waals surface area contributed by atoms with Gasteiger partial charge in [0.05, 0.1) is 17.8 Å². The van der Waals surface area contributed by atoms with E-state index in [9.17, 15) is 4.79 Å². The molecule has 2 amide bonds. The average Bonchev–Trinajstić information content (AvgIpc) is 3.35. The third-order valence-electron chi connectivity index (χ3n) is 6.23. The van der Waals surface area contributed by atoms with Crippen molar-refractivity contribution < 1.29 is 4.79 Å². The molecule has 3 heterocycles. The number of amidine groups is 1. The summed E-state index contributed by atoms with van der Waals surface area (Å²) in [6.45, 7) is 7.44. The molecule has 7 nitrogen and oxygen atoms in total. The van der Waals surface area contributed by atoms with E-state index in [0.29, 0.717) is 13.1 Å². The van der Waals surface area contributed by atoms with Crippen LogP contribution in [0, 0.1) is 0 Å². The van der Waals surface area contributed by atoms with Crippen LogP contribution in [0.25, 0.3) is 0 Å². The van der Waals surface area contributed by atoms with E-state index in [-0.39, 0.29) is 11.6 Å². The molecule has 1 fully saturated rings. The van der Waals surface area contributed by atoms with Crippen molar-refractivity contribution in [2.24, 2.45) is 4.99 Å². The summed E-state index contributed by atoms with van der Waals surface area (Å²) >= 11 is 0. The van der Waals surface area contributed by atoms with E-state index in [1.165, 1.54) is 17.5 Å². The van der Waals surface area contributed by atoms with Crippen LogP contribution < -0.4 is 16.0 Å². The van der Waals surface area contributed by atoms with Crippen LogP contribution in [0.5, 0.6) is 0 Å². The van der Waals surface area contributed by atoms with Crippen LogP contribution in [0.3, 0.4) is 0 Å². The highest BCUT2D eigenvalue weighted by Gasteiger charge is 2.47. The van der Waals surface area contributed by atoms with Gasteiger partial charge in [-0.3, -0.25) is 4.99 Å². The maximum atomic E-state index is 13.1. The van der Waals surface area contributed by atoms with Crippen LogP contribution in [-0.2, 0) is 12.8 Å². The Morgan fingerprint density at radius 3 is 2.90 bits per heavy atom. The van der Waals surface area contributed by atoms with Gasteiger partial charge in [0.15, 0.2) is 5.82 Å². The highest BCUT2D eigenvalue weighted by Crippen LogP contribution is 2.36. The fraction of sp³-hybridized carbons (Fsp3) is 0.458. The van der Waals surface area contributed by atoms with Crippen LogP contribution >= 0.6 is 0 Å². The maximum absolute atomic E-state index is 13.1. The lowest BCUT2D eigenvalue weighted by Gasteiger charge is -2.39. The Bertz CT molecular complexity index is 1060. The van der Waals surface area contributed by atoms with Gasteiger partial charge in [-0.2, -0.15) is 0 Å². The average molecular weight is 419 g/mol. The minimum Gasteiger partial charge on any atom is -0.368 e. The molecule has 0 saturated carbocycles. The van der Waals surface area contributed by atoms with Crippen LogP contribution in [-0.4, -0.2) is 45.9 Å². The van der Waals surface area contributed by atoms with E-state index in [1.807, 2.05) is 23.1 Å². The number of hydrogen-bond acceptors (Lipinski definition) is 4. The molecule has 162 valence electrons. The summed E-state index contributed by atoms with van der Waals surface area (Å²) in [4.78, 5) is 24.4. The van der Waals surface area contributed by atoms with Gasteiger partial charge >= 0.3 is 6.03 Å². The first-order valence-electron chi connectivity index (χ1n) is 11.1. The summed E-state index contributed by atoms with van der Waals surface area (Å²) < 4.78 is 0. The van der Waals surface area contributed by atoms with E-state index in [4.69, 9.17) is 4.99 Å².